The van der Waals surface area contributed by atoms with Crippen molar-refractivity contribution in [3.63, 3.8) is 0 Å². The van der Waals surface area contributed by atoms with Gasteiger partial charge in [0.2, 0.25) is 0 Å². The van der Waals surface area contributed by atoms with Crippen LogP contribution in [0, 0.1) is 11.8 Å². The molecule has 2 aliphatic heterocycles. The zero-order chi connectivity index (χ0) is 17.8. The first kappa shape index (κ1) is 18.2. The number of fused-ring (bicyclic) bond motifs is 2. The number of carbonyl (C=O) groups excluding carboxylic acids is 1. The van der Waals surface area contributed by atoms with Gasteiger partial charge in [-0.05, 0) is 44.7 Å². The molecule has 4 unspecified atom stereocenters. The van der Waals surface area contributed by atoms with Crippen LogP contribution in [0.3, 0.4) is 0 Å². The summed E-state index contributed by atoms with van der Waals surface area (Å²) in [6, 6.07) is 11.2. The Balaban J connectivity index is 1.83. The predicted octanol–water partition coefficient (Wildman–Crippen LogP) is 3.07. The van der Waals surface area contributed by atoms with Crippen molar-refractivity contribution in [2.75, 3.05) is 27.4 Å². The van der Waals surface area contributed by atoms with E-state index in [4.69, 9.17) is 9.47 Å². The van der Waals surface area contributed by atoms with Crippen molar-refractivity contribution in [2.24, 2.45) is 11.8 Å². The van der Waals surface area contributed by atoms with Crippen LogP contribution in [0.2, 0.25) is 0 Å². The van der Waals surface area contributed by atoms with E-state index in [1.54, 1.807) is 7.11 Å². The highest BCUT2D eigenvalue weighted by molar-refractivity contribution is 5.74. The topological polar surface area (TPSA) is 38.8 Å². The maximum atomic E-state index is 12.4. The highest BCUT2D eigenvalue weighted by Gasteiger charge is 2.48. The Hall–Kier alpha value is -1.65. The summed E-state index contributed by atoms with van der Waals surface area (Å²) in [5.74, 6) is 0.289. The molecule has 2 bridgehead atoms. The first-order chi connectivity index (χ1) is 12.2. The van der Waals surface area contributed by atoms with E-state index >= 15 is 0 Å². The Labute approximate surface area is 150 Å². The number of piperidine rings is 1. The van der Waals surface area contributed by atoms with Gasteiger partial charge in [0.1, 0.15) is 0 Å². The molecule has 4 rings (SSSR count). The van der Waals surface area contributed by atoms with Gasteiger partial charge in [-0.15, -0.1) is 0 Å². The lowest BCUT2D eigenvalue weighted by Crippen LogP contribution is -2.59. The number of benzene rings is 1. The van der Waals surface area contributed by atoms with E-state index in [0.29, 0.717) is 18.6 Å². The van der Waals surface area contributed by atoms with Gasteiger partial charge in [-0.1, -0.05) is 42.0 Å². The molecule has 4 atom stereocenters. The molecular formula is C21H29NO3. The lowest BCUT2D eigenvalue weighted by atomic mass is 9.67. The summed E-state index contributed by atoms with van der Waals surface area (Å²) in [4.78, 5) is 14.8. The number of nitrogens with zero attached hydrogens (tertiary/aromatic N) is 1. The van der Waals surface area contributed by atoms with Gasteiger partial charge in [0.25, 0.3) is 0 Å². The van der Waals surface area contributed by atoms with Crippen molar-refractivity contribution in [1.82, 2.24) is 4.90 Å². The second kappa shape index (κ2) is 8.15. The minimum absolute atomic E-state index is 0.0479. The Kier molecular flexibility index (Phi) is 5.92. The smallest absolute Gasteiger partial charge is 0.310 e. The number of hydrogen-bond donors (Lipinski definition) is 0. The van der Waals surface area contributed by atoms with Crippen LogP contribution in [0.4, 0.5) is 0 Å². The van der Waals surface area contributed by atoms with E-state index in [-0.39, 0.29) is 17.9 Å². The predicted molar refractivity (Wildman–Crippen MR) is 98.3 cm³/mol. The lowest BCUT2D eigenvalue weighted by molar-refractivity contribution is -0.153. The molecule has 0 saturated carbocycles. The number of likely N-dealkylation sites (N-methyl/N-ethyl adjacent to an activating group) is 1. The number of rotatable bonds is 7. The zero-order valence-electron chi connectivity index (χ0n) is 15.5. The minimum Gasteiger partial charge on any atom is -0.466 e. The third kappa shape index (κ3) is 3.80. The number of ether oxygens (including phenoxy) is 2. The fourth-order valence-electron chi connectivity index (χ4n) is 4.45. The molecule has 0 spiro atoms. The number of esters is 1. The van der Waals surface area contributed by atoms with Crippen LogP contribution in [0.5, 0.6) is 0 Å². The van der Waals surface area contributed by atoms with Gasteiger partial charge in [-0.25, -0.2) is 0 Å². The standard InChI is InChI=1S/C21H29NO3/c1-4-25-21(23)18-14-17-16(10-11-24-3)13-20(18)22(2)19(17)12-15-8-6-5-7-9-15/h5-9,13,17-20H,4,10-12,14H2,1-3H3. The molecule has 0 N–H and O–H groups in total. The number of hydrogen-bond acceptors (Lipinski definition) is 4. The third-order valence-corrected chi connectivity index (χ3v) is 5.71. The van der Waals surface area contributed by atoms with E-state index < -0.39 is 0 Å². The molecule has 1 saturated heterocycles. The van der Waals surface area contributed by atoms with Gasteiger partial charge in [-0.3, -0.25) is 9.69 Å². The second-order valence-corrected chi connectivity index (χ2v) is 7.10. The van der Waals surface area contributed by atoms with Crippen molar-refractivity contribution in [2.45, 2.75) is 38.3 Å². The molecule has 0 amide bonds. The van der Waals surface area contributed by atoms with Gasteiger partial charge in [-0.2, -0.15) is 0 Å². The van der Waals surface area contributed by atoms with E-state index in [1.165, 1.54) is 11.1 Å². The van der Waals surface area contributed by atoms with Gasteiger partial charge in [0.05, 0.1) is 12.5 Å². The van der Waals surface area contributed by atoms with Crippen LogP contribution in [0.1, 0.15) is 25.3 Å². The molecule has 1 fully saturated rings. The van der Waals surface area contributed by atoms with Crippen LogP contribution in [-0.4, -0.2) is 50.3 Å². The highest BCUT2D eigenvalue weighted by atomic mass is 16.5. The van der Waals surface area contributed by atoms with Crippen LogP contribution >= 0.6 is 0 Å². The Morgan fingerprint density at radius 1 is 1.28 bits per heavy atom. The quantitative estimate of drug-likeness (QED) is 0.563. The normalized spacial score (nSPS) is 28.7. The van der Waals surface area contributed by atoms with Gasteiger partial charge >= 0.3 is 5.97 Å². The fourth-order valence-corrected chi connectivity index (χ4v) is 4.45. The Bertz CT molecular complexity index is 613. The van der Waals surface area contributed by atoms with Crippen molar-refractivity contribution in [3.05, 3.63) is 47.5 Å². The first-order valence-electron chi connectivity index (χ1n) is 9.27. The van der Waals surface area contributed by atoms with Gasteiger partial charge in [0.15, 0.2) is 0 Å². The Morgan fingerprint density at radius 3 is 2.72 bits per heavy atom. The molecule has 0 radical (unpaired) electrons. The van der Waals surface area contributed by atoms with E-state index in [0.717, 1.165) is 25.9 Å². The van der Waals surface area contributed by atoms with E-state index in [9.17, 15) is 4.79 Å². The van der Waals surface area contributed by atoms with E-state index in [2.05, 4.69) is 48.4 Å². The number of methoxy groups -OCH3 is 1. The molecule has 2 heterocycles. The van der Waals surface area contributed by atoms with E-state index in [1.807, 2.05) is 6.92 Å². The summed E-state index contributed by atoms with van der Waals surface area (Å²) in [7, 11) is 3.90. The first-order valence-corrected chi connectivity index (χ1v) is 9.27. The molecule has 4 nitrogen and oxygen atoms in total. The molecule has 4 heteroatoms. The third-order valence-electron chi connectivity index (χ3n) is 5.71. The van der Waals surface area contributed by atoms with Gasteiger partial charge < -0.3 is 9.47 Å². The molecule has 0 aromatic heterocycles. The molecule has 25 heavy (non-hydrogen) atoms. The van der Waals surface area contributed by atoms with Crippen molar-refractivity contribution in [1.29, 1.82) is 0 Å². The maximum absolute atomic E-state index is 12.4. The molecule has 3 aliphatic rings. The summed E-state index contributed by atoms with van der Waals surface area (Å²) >= 11 is 0. The van der Waals surface area contributed by atoms with Crippen LogP contribution in [-0.2, 0) is 20.7 Å². The van der Waals surface area contributed by atoms with Crippen LogP contribution < -0.4 is 0 Å². The minimum atomic E-state index is -0.0513. The van der Waals surface area contributed by atoms with Crippen molar-refractivity contribution < 1.29 is 14.3 Å². The van der Waals surface area contributed by atoms with Crippen LogP contribution in [0.15, 0.2) is 42.0 Å². The van der Waals surface area contributed by atoms with Gasteiger partial charge in [0, 0.05) is 25.8 Å². The molecule has 1 aromatic carbocycles. The second-order valence-electron chi connectivity index (χ2n) is 7.10. The largest absolute Gasteiger partial charge is 0.466 e. The molecular weight excluding hydrogens is 314 g/mol. The van der Waals surface area contributed by atoms with Crippen LogP contribution in [0.25, 0.3) is 0 Å². The zero-order valence-corrected chi connectivity index (χ0v) is 15.5. The highest BCUT2D eigenvalue weighted by Crippen LogP contribution is 2.44. The SMILES string of the molecule is CCOC(=O)C1CC2C(CCOC)=CC1N(C)C2Cc1ccccc1. The Morgan fingerprint density at radius 2 is 2.04 bits per heavy atom. The average molecular weight is 343 g/mol. The fraction of sp³-hybridized carbons (Fsp3) is 0.571. The van der Waals surface area contributed by atoms with Crippen molar-refractivity contribution >= 4 is 5.97 Å². The number of carbonyl (C=O) groups is 1. The average Bonchev–Trinajstić information content (AvgIpc) is 2.63. The monoisotopic (exact) mass is 343 g/mol. The summed E-state index contributed by atoms with van der Waals surface area (Å²) in [6.45, 7) is 3.06. The summed E-state index contributed by atoms with van der Waals surface area (Å²) in [5.41, 5.74) is 2.80. The summed E-state index contributed by atoms with van der Waals surface area (Å²) in [6.07, 6.45) is 5.15. The summed E-state index contributed by atoms with van der Waals surface area (Å²) in [5, 5.41) is 0. The maximum Gasteiger partial charge on any atom is 0.310 e. The van der Waals surface area contributed by atoms with Crippen molar-refractivity contribution in [3.8, 4) is 0 Å². The molecule has 1 aliphatic carbocycles. The molecule has 1 aromatic rings. The lowest BCUT2D eigenvalue weighted by Gasteiger charge is -2.52. The molecule has 136 valence electrons. The summed E-state index contributed by atoms with van der Waals surface area (Å²) < 4.78 is 10.6.